The molecule has 1 aromatic heterocycles. The second kappa shape index (κ2) is 4.34. The number of aryl methyl sites for hydroxylation is 3. The van der Waals surface area contributed by atoms with Gasteiger partial charge in [-0.2, -0.15) is 0 Å². The van der Waals surface area contributed by atoms with Crippen LogP contribution in [0.3, 0.4) is 0 Å². The highest BCUT2D eigenvalue weighted by Gasteiger charge is 2.26. The zero-order valence-electron chi connectivity index (χ0n) is 10.8. The molecule has 0 aliphatic heterocycles. The number of nitro groups is 2. The number of aromatic nitrogens is 1. The first-order valence-electron chi connectivity index (χ1n) is 5.82. The van der Waals surface area contributed by atoms with Crippen molar-refractivity contribution < 1.29 is 9.85 Å². The second-order valence-corrected chi connectivity index (χ2v) is 4.39. The maximum Gasteiger partial charge on any atom is 0.300 e. The van der Waals surface area contributed by atoms with Gasteiger partial charge in [-0.25, -0.2) is 0 Å². The van der Waals surface area contributed by atoms with Crippen LogP contribution in [0.25, 0.3) is 10.9 Å². The lowest BCUT2D eigenvalue weighted by Crippen LogP contribution is -1.97. The van der Waals surface area contributed by atoms with Gasteiger partial charge in [-0.15, -0.1) is 0 Å². The van der Waals surface area contributed by atoms with Crippen molar-refractivity contribution in [3.8, 4) is 0 Å². The minimum Gasteiger partial charge on any atom is -0.353 e. The average molecular weight is 263 g/mol. The van der Waals surface area contributed by atoms with Crippen LogP contribution < -0.4 is 0 Å². The topological polar surface area (TPSA) is 102 Å². The fourth-order valence-electron chi connectivity index (χ4n) is 2.48. The summed E-state index contributed by atoms with van der Waals surface area (Å²) in [5.74, 6) is 0. The van der Waals surface area contributed by atoms with Crippen LogP contribution in [0.2, 0.25) is 0 Å². The molecule has 0 radical (unpaired) electrons. The molecule has 1 heterocycles. The van der Waals surface area contributed by atoms with E-state index in [-0.39, 0.29) is 11.4 Å². The van der Waals surface area contributed by atoms with Gasteiger partial charge in [-0.05, 0) is 25.8 Å². The smallest absolute Gasteiger partial charge is 0.300 e. The number of H-pyrrole nitrogens is 1. The predicted octanol–water partition coefficient (Wildman–Crippen LogP) is 3.16. The summed E-state index contributed by atoms with van der Waals surface area (Å²) in [6.45, 7) is 5.35. The molecule has 0 spiro atoms. The Morgan fingerprint density at radius 1 is 1.16 bits per heavy atom. The largest absolute Gasteiger partial charge is 0.353 e. The second-order valence-electron chi connectivity index (χ2n) is 4.39. The van der Waals surface area contributed by atoms with Gasteiger partial charge in [0.1, 0.15) is 5.52 Å². The lowest BCUT2D eigenvalue weighted by atomic mass is 10.0. The third kappa shape index (κ3) is 1.83. The number of hydrogen-bond acceptors (Lipinski definition) is 4. The van der Waals surface area contributed by atoms with E-state index in [9.17, 15) is 20.2 Å². The van der Waals surface area contributed by atoms with Crippen molar-refractivity contribution >= 4 is 22.3 Å². The number of aromatic amines is 1. The third-order valence-electron chi connectivity index (χ3n) is 3.35. The summed E-state index contributed by atoms with van der Waals surface area (Å²) in [7, 11) is 0. The Morgan fingerprint density at radius 3 is 2.21 bits per heavy atom. The van der Waals surface area contributed by atoms with Gasteiger partial charge in [0.2, 0.25) is 0 Å². The van der Waals surface area contributed by atoms with Gasteiger partial charge in [0, 0.05) is 16.6 Å². The van der Waals surface area contributed by atoms with Crippen LogP contribution in [0.4, 0.5) is 11.4 Å². The van der Waals surface area contributed by atoms with Crippen molar-refractivity contribution in [3.63, 3.8) is 0 Å². The van der Waals surface area contributed by atoms with E-state index in [1.54, 1.807) is 6.92 Å². The molecule has 0 unspecified atom stereocenters. The van der Waals surface area contributed by atoms with Gasteiger partial charge in [0.25, 0.3) is 11.4 Å². The van der Waals surface area contributed by atoms with Crippen molar-refractivity contribution in [2.24, 2.45) is 0 Å². The highest BCUT2D eigenvalue weighted by molar-refractivity contribution is 5.97. The minimum atomic E-state index is -0.593. The summed E-state index contributed by atoms with van der Waals surface area (Å²) in [5, 5.41) is 22.7. The van der Waals surface area contributed by atoms with Crippen LogP contribution >= 0.6 is 0 Å². The zero-order chi connectivity index (χ0) is 14.3. The van der Waals surface area contributed by atoms with Crippen LogP contribution in [-0.2, 0) is 6.42 Å². The van der Waals surface area contributed by atoms with Crippen LogP contribution in [0.15, 0.2) is 6.07 Å². The Balaban J connectivity index is 3.01. The molecule has 19 heavy (non-hydrogen) atoms. The van der Waals surface area contributed by atoms with Gasteiger partial charge in [0.15, 0.2) is 0 Å². The van der Waals surface area contributed by atoms with E-state index in [0.717, 1.165) is 17.3 Å². The summed E-state index contributed by atoms with van der Waals surface area (Å²) >= 11 is 0. The lowest BCUT2D eigenvalue weighted by molar-refractivity contribution is -0.393. The molecular weight excluding hydrogens is 250 g/mol. The first kappa shape index (κ1) is 13.0. The van der Waals surface area contributed by atoms with E-state index in [2.05, 4.69) is 4.98 Å². The molecule has 7 nitrogen and oxygen atoms in total. The van der Waals surface area contributed by atoms with Crippen molar-refractivity contribution in [1.29, 1.82) is 0 Å². The first-order chi connectivity index (χ1) is 8.88. The van der Waals surface area contributed by atoms with E-state index in [4.69, 9.17) is 0 Å². The van der Waals surface area contributed by atoms with E-state index in [1.165, 1.54) is 0 Å². The summed E-state index contributed by atoms with van der Waals surface area (Å²) < 4.78 is 0. The molecule has 100 valence electrons. The Labute approximate surface area is 108 Å². The molecule has 0 saturated carbocycles. The molecule has 0 atom stereocenters. The number of nitro benzene ring substituents is 2. The van der Waals surface area contributed by atoms with Crippen LogP contribution in [-0.4, -0.2) is 14.8 Å². The number of nitrogens with one attached hydrogen (secondary N) is 1. The maximum atomic E-state index is 11.1. The van der Waals surface area contributed by atoms with Crippen LogP contribution in [0.1, 0.15) is 23.7 Å². The molecule has 0 saturated heterocycles. The van der Waals surface area contributed by atoms with Crippen molar-refractivity contribution in [2.45, 2.75) is 27.2 Å². The monoisotopic (exact) mass is 263 g/mol. The van der Waals surface area contributed by atoms with E-state index in [0.29, 0.717) is 22.9 Å². The third-order valence-corrected chi connectivity index (χ3v) is 3.35. The highest BCUT2D eigenvalue weighted by Crippen LogP contribution is 2.37. The Hall–Kier alpha value is -2.44. The molecule has 0 amide bonds. The van der Waals surface area contributed by atoms with Crippen LogP contribution in [0, 0.1) is 34.1 Å². The Morgan fingerprint density at radius 2 is 1.74 bits per heavy atom. The summed E-state index contributed by atoms with van der Waals surface area (Å²) in [6.07, 6.45) is 0.658. The SMILES string of the molecule is CCc1c(C)[nH]c2c([N+](=O)[O-])cc([N+](=O)[O-])c(C)c12. The number of hydrogen-bond donors (Lipinski definition) is 1. The number of nitrogens with zero attached hydrogens (tertiary/aromatic N) is 2. The summed E-state index contributed by atoms with van der Waals surface area (Å²) in [6, 6.07) is 1.02. The molecule has 2 aromatic rings. The Bertz CT molecular complexity index is 703. The maximum absolute atomic E-state index is 11.1. The predicted molar refractivity (Wildman–Crippen MR) is 70.5 cm³/mol. The zero-order valence-corrected chi connectivity index (χ0v) is 10.8. The number of non-ortho nitro benzene ring substituents is 1. The number of rotatable bonds is 3. The van der Waals surface area contributed by atoms with Gasteiger partial charge >= 0.3 is 0 Å². The molecule has 0 aliphatic rings. The molecule has 0 fully saturated rings. The molecular formula is C12H13N3O4. The molecule has 1 N–H and O–H groups in total. The lowest BCUT2D eigenvalue weighted by Gasteiger charge is -2.02. The number of benzene rings is 1. The van der Waals surface area contributed by atoms with E-state index < -0.39 is 9.85 Å². The normalized spacial score (nSPS) is 10.9. The first-order valence-corrected chi connectivity index (χ1v) is 5.82. The minimum absolute atomic E-state index is 0.215. The molecule has 0 bridgehead atoms. The molecule has 2 rings (SSSR count). The molecule has 0 aliphatic carbocycles. The van der Waals surface area contributed by atoms with E-state index >= 15 is 0 Å². The van der Waals surface area contributed by atoms with Crippen LogP contribution in [0.5, 0.6) is 0 Å². The van der Waals surface area contributed by atoms with Gasteiger partial charge in [0.05, 0.1) is 15.9 Å². The van der Waals surface area contributed by atoms with Gasteiger partial charge in [-0.1, -0.05) is 6.92 Å². The highest BCUT2D eigenvalue weighted by atomic mass is 16.6. The van der Waals surface area contributed by atoms with Crippen molar-refractivity contribution in [1.82, 2.24) is 4.98 Å². The fraction of sp³-hybridized carbons (Fsp3) is 0.333. The average Bonchev–Trinajstić information content (AvgIpc) is 2.65. The molecule has 1 aromatic carbocycles. The van der Waals surface area contributed by atoms with Gasteiger partial charge < -0.3 is 4.98 Å². The van der Waals surface area contributed by atoms with Crippen molar-refractivity contribution in [2.75, 3.05) is 0 Å². The summed E-state index contributed by atoms with van der Waals surface area (Å²) in [4.78, 5) is 23.9. The Kier molecular flexibility index (Phi) is 2.97. The molecule has 7 heteroatoms. The summed E-state index contributed by atoms with van der Waals surface area (Å²) in [5.41, 5.74) is 2.06. The van der Waals surface area contributed by atoms with Gasteiger partial charge in [-0.3, -0.25) is 20.2 Å². The van der Waals surface area contributed by atoms with E-state index in [1.807, 2.05) is 13.8 Å². The standard InChI is InChI=1S/C12H13N3O4/c1-4-8-7(3)13-12-10(15(18)19)5-9(14(16)17)6(2)11(8)12/h5,13H,4H2,1-3H3. The number of fused-ring (bicyclic) bond motifs is 1. The fourth-order valence-corrected chi connectivity index (χ4v) is 2.48. The van der Waals surface area contributed by atoms with Crippen molar-refractivity contribution in [3.05, 3.63) is 43.1 Å². The quantitative estimate of drug-likeness (QED) is 0.678.